The third-order valence-electron chi connectivity index (χ3n) is 3.29. The van der Waals surface area contributed by atoms with Crippen LogP contribution in [0.4, 0.5) is 0 Å². The Morgan fingerprint density at radius 1 is 0.952 bits per heavy atom. The SMILES string of the molecule is COc1ccc2c(c1)C=Cc1cc(S(C)(=O)=O)ccc1S2. The first-order chi connectivity index (χ1) is 9.97. The van der Waals surface area contributed by atoms with Crippen LogP contribution >= 0.6 is 11.8 Å². The standard InChI is InChI=1S/C16H14O3S2/c1-19-13-5-7-15-11(9-13)3-4-12-10-14(21(2,17)18)6-8-16(12)20-15/h3-10H,1-2H3. The Hall–Kier alpha value is -1.72. The van der Waals surface area contributed by atoms with Crippen molar-refractivity contribution in [1.82, 2.24) is 0 Å². The summed E-state index contributed by atoms with van der Waals surface area (Å²) in [5.74, 6) is 0.807. The highest BCUT2D eigenvalue weighted by Gasteiger charge is 2.14. The van der Waals surface area contributed by atoms with Crippen LogP contribution in [-0.2, 0) is 9.84 Å². The van der Waals surface area contributed by atoms with E-state index in [0.29, 0.717) is 4.90 Å². The van der Waals surface area contributed by atoms with Gasteiger partial charge < -0.3 is 4.74 Å². The molecule has 0 saturated carbocycles. The fourth-order valence-corrected chi connectivity index (χ4v) is 3.81. The molecule has 0 saturated heterocycles. The van der Waals surface area contributed by atoms with Crippen molar-refractivity contribution in [2.75, 3.05) is 13.4 Å². The van der Waals surface area contributed by atoms with E-state index in [0.717, 1.165) is 26.7 Å². The lowest BCUT2D eigenvalue weighted by Gasteiger charge is -2.08. The molecule has 1 heterocycles. The largest absolute Gasteiger partial charge is 0.497 e. The van der Waals surface area contributed by atoms with E-state index in [4.69, 9.17) is 4.74 Å². The molecule has 0 spiro atoms. The second-order valence-corrected chi connectivity index (χ2v) is 7.91. The third-order valence-corrected chi connectivity index (χ3v) is 5.58. The molecule has 3 rings (SSSR count). The van der Waals surface area contributed by atoms with E-state index >= 15 is 0 Å². The number of fused-ring (bicyclic) bond motifs is 2. The monoisotopic (exact) mass is 318 g/mol. The molecule has 0 fully saturated rings. The minimum absolute atomic E-state index is 0.343. The molecule has 0 aliphatic carbocycles. The molecule has 0 atom stereocenters. The van der Waals surface area contributed by atoms with Gasteiger partial charge in [-0.3, -0.25) is 0 Å². The van der Waals surface area contributed by atoms with Crippen molar-refractivity contribution < 1.29 is 13.2 Å². The fourth-order valence-electron chi connectivity index (χ4n) is 2.16. The zero-order chi connectivity index (χ0) is 15.0. The van der Waals surface area contributed by atoms with Gasteiger partial charge in [-0.05, 0) is 47.5 Å². The summed E-state index contributed by atoms with van der Waals surface area (Å²) < 4.78 is 28.6. The second kappa shape index (κ2) is 5.24. The topological polar surface area (TPSA) is 43.4 Å². The van der Waals surface area contributed by atoms with Gasteiger partial charge in [-0.15, -0.1) is 0 Å². The molecule has 0 unspecified atom stereocenters. The minimum Gasteiger partial charge on any atom is -0.497 e. The minimum atomic E-state index is -3.19. The molecule has 0 N–H and O–H groups in total. The molecule has 0 radical (unpaired) electrons. The summed E-state index contributed by atoms with van der Waals surface area (Å²) in [6.45, 7) is 0. The molecular formula is C16H14O3S2. The van der Waals surface area contributed by atoms with Gasteiger partial charge in [0.15, 0.2) is 9.84 Å². The lowest BCUT2D eigenvalue weighted by molar-refractivity contribution is 0.414. The summed E-state index contributed by atoms with van der Waals surface area (Å²) in [6, 6.07) is 11.2. The summed E-state index contributed by atoms with van der Waals surface area (Å²) in [5, 5.41) is 0. The number of benzene rings is 2. The molecular weight excluding hydrogens is 304 g/mol. The van der Waals surface area contributed by atoms with Gasteiger partial charge in [-0.2, -0.15) is 0 Å². The quantitative estimate of drug-likeness (QED) is 0.722. The van der Waals surface area contributed by atoms with Crippen molar-refractivity contribution in [2.45, 2.75) is 14.7 Å². The van der Waals surface area contributed by atoms with Crippen LogP contribution < -0.4 is 4.74 Å². The van der Waals surface area contributed by atoms with Crippen LogP contribution in [0.1, 0.15) is 11.1 Å². The Balaban J connectivity index is 2.10. The van der Waals surface area contributed by atoms with Gasteiger partial charge in [-0.25, -0.2) is 8.42 Å². The first-order valence-corrected chi connectivity index (χ1v) is 9.06. The maximum absolute atomic E-state index is 11.7. The van der Waals surface area contributed by atoms with Crippen LogP contribution in [-0.4, -0.2) is 21.8 Å². The van der Waals surface area contributed by atoms with Gasteiger partial charge in [0.25, 0.3) is 0 Å². The third kappa shape index (κ3) is 2.84. The summed E-state index contributed by atoms with van der Waals surface area (Å²) in [4.78, 5) is 2.51. The maximum Gasteiger partial charge on any atom is 0.175 e. The van der Waals surface area contributed by atoms with Gasteiger partial charge in [0.1, 0.15) is 5.75 Å². The van der Waals surface area contributed by atoms with E-state index in [9.17, 15) is 8.42 Å². The van der Waals surface area contributed by atoms with Crippen molar-refractivity contribution in [1.29, 1.82) is 0 Å². The van der Waals surface area contributed by atoms with Crippen molar-refractivity contribution in [2.24, 2.45) is 0 Å². The van der Waals surface area contributed by atoms with Crippen molar-refractivity contribution in [3.05, 3.63) is 47.5 Å². The molecule has 0 amide bonds. The molecule has 108 valence electrons. The Bertz CT molecular complexity index is 837. The molecule has 3 nitrogen and oxygen atoms in total. The summed E-state index contributed by atoms with van der Waals surface area (Å²) in [6.07, 6.45) is 5.16. The number of hydrogen-bond donors (Lipinski definition) is 0. The molecule has 1 aliphatic heterocycles. The van der Waals surface area contributed by atoms with Crippen molar-refractivity contribution >= 4 is 33.8 Å². The van der Waals surface area contributed by atoms with E-state index in [1.54, 1.807) is 31.0 Å². The highest BCUT2D eigenvalue weighted by atomic mass is 32.2. The molecule has 1 aliphatic rings. The normalized spacial score (nSPS) is 13.2. The predicted octanol–water partition coefficient (Wildman–Crippen LogP) is 3.73. The van der Waals surface area contributed by atoms with Crippen LogP contribution in [0.2, 0.25) is 0 Å². The van der Waals surface area contributed by atoms with Crippen molar-refractivity contribution in [3.8, 4) is 5.75 Å². The Morgan fingerprint density at radius 3 is 2.19 bits per heavy atom. The smallest absolute Gasteiger partial charge is 0.175 e. The lowest BCUT2D eigenvalue weighted by Crippen LogP contribution is -1.97. The number of ether oxygens (including phenoxy) is 1. The summed E-state index contributed by atoms with van der Waals surface area (Å²) >= 11 is 1.63. The van der Waals surface area contributed by atoms with Crippen LogP contribution in [0.15, 0.2) is 51.1 Å². The van der Waals surface area contributed by atoms with E-state index in [1.807, 2.05) is 36.4 Å². The number of rotatable bonds is 2. The maximum atomic E-state index is 11.7. The first kappa shape index (κ1) is 14.2. The summed E-state index contributed by atoms with van der Waals surface area (Å²) in [7, 11) is -1.55. The van der Waals surface area contributed by atoms with Gasteiger partial charge in [-0.1, -0.05) is 23.9 Å². The van der Waals surface area contributed by atoms with Gasteiger partial charge in [0.2, 0.25) is 0 Å². The average Bonchev–Trinajstić information content (AvgIpc) is 2.63. The van der Waals surface area contributed by atoms with Gasteiger partial charge >= 0.3 is 0 Å². The fraction of sp³-hybridized carbons (Fsp3) is 0.125. The zero-order valence-electron chi connectivity index (χ0n) is 11.7. The summed E-state index contributed by atoms with van der Waals surface area (Å²) in [5.41, 5.74) is 1.98. The van der Waals surface area contributed by atoms with E-state index < -0.39 is 9.84 Å². The molecule has 0 aromatic heterocycles. The number of hydrogen-bond acceptors (Lipinski definition) is 4. The van der Waals surface area contributed by atoms with Crippen LogP contribution in [0.3, 0.4) is 0 Å². The van der Waals surface area contributed by atoms with Gasteiger partial charge in [0.05, 0.1) is 12.0 Å². The highest BCUT2D eigenvalue weighted by molar-refractivity contribution is 7.99. The molecule has 5 heteroatoms. The highest BCUT2D eigenvalue weighted by Crippen LogP contribution is 2.39. The van der Waals surface area contributed by atoms with Crippen LogP contribution in [0.25, 0.3) is 12.2 Å². The van der Waals surface area contributed by atoms with E-state index in [2.05, 4.69) is 0 Å². The Labute approximate surface area is 128 Å². The van der Waals surface area contributed by atoms with Crippen molar-refractivity contribution in [3.63, 3.8) is 0 Å². The first-order valence-electron chi connectivity index (χ1n) is 6.35. The van der Waals surface area contributed by atoms with E-state index in [1.165, 1.54) is 6.26 Å². The number of methoxy groups -OCH3 is 1. The van der Waals surface area contributed by atoms with Gasteiger partial charge in [0, 0.05) is 16.0 Å². The predicted molar refractivity (Wildman–Crippen MR) is 85.6 cm³/mol. The second-order valence-electron chi connectivity index (χ2n) is 4.81. The zero-order valence-corrected chi connectivity index (χ0v) is 13.3. The van der Waals surface area contributed by atoms with E-state index in [-0.39, 0.29) is 0 Å². The molecule has 0 bridgehead atoms. The Kier molecular flexibility index (Phi) is 3.55. The molecule has 21 heavy (non-hydrogen) atoms. The lowest BCUT2D eigenvalue weighted by atomic mass is 10.1. The van der Waals surface area contributed by atoms with Crippen LogP contribution in [0, 0.1) is 0 Å². The van der Waals surface area contributed by atoms with Crippen LogP contribution in [0.5, 0.6) is 5.75 Å². The molecule has 2 aromatic carbocycles. The average molecular weight is 318 g/mol. The Morgan fingerprint density at radius 2 is 1.57 bits per heavy atom. The molecule has 2 aromatic rings. The number of sulfone groups is 1.